The number of nitrogens with one attached hydrogen (secondary N) is 1. The maximum atomic E-state index is 13.3. The Bertz CT molecular complexity index is 865. The van der Waals surface area contributed by atoms with Gasteiger partial charge in [0, 0.05) is 18.3 Å². The number of anilines is 1. The number of nitrogens with zero attached hydrogens (tertiary/aromatic N) is 2. The average molecular weight is 424 g/mol. The van der Waals surface area contributed by atoms with Gasteiger partial charge >= 0.3 is 0 Å². The van der Waals surface area contributed by atoms with Crippen LogP contribution in [0.5, 0.6) is 5.75 Å². The molecule has 1 aliphatic carbocycles. The Morgan fingerprint density at radius 1 is 1.24 bits per heavy atom. The molecule has 1 aromatic carbocycles. The predicted octanol–water partition coefficient (Wildman–Crippen LogP) is 1.51. The monoisotopic (exact) mass is 423 g/mol. The molecule has 1 N–H and O–H groups in total. The van der Waals surface area contributed by atoms with Gasteiger partial charge in [-0.25, -0.2) is 8.42 Å². The van der Waals surface area contributed by atoms with Gasteiger partial charge in [0.15, 0.2) is 0 Å². The summed E-state index contributed by atoms with van der Waals surface area (Å²) in [5.41, 5.74) is -0.815. The Balaban J connectivity index is 1.96. The highest BCUT2D eigenvalue weighted by Gasteiger charge is 2.50. The fourth-order valence-electron chi connectivity index (χ4n) is 4.07. The number of benzene rings is 1. The Morgan fingerprint density at radius 3 is 2.41 bits per heavy atom. The van der Waals surface area contributed by atoms with E-state index in [9.17, 15) is 18.0 Å². The van der Waals surface area contributed by atoms with Crippen molar-refractivity contribution in [3.63, 3.8) is 0 Å². The van der Waals surface area contributed by atoms with Crippen molar-refractivity contribution in [3.05, 3.63) is 24.3 Å². The summed E-state index contributed by atoms with van der Waals surface area (Å²) in [6, 6.07) is 6.99. The summed E-state index contributed by atoms with van der Waals surface area (Å²) in [5.74, 6) is -0.106. The van der Waals surface area contributed by atoms with E-state index in [1.165, 1.54) is 4.90 Å². The van der Waals surface area contributed by atoms with Crippen LogP contribution in [0.2, 0.25) is 0 Å². The molecule has 1 atom stereocenters. The first-order valence-electron chi connectivity index (χ1n) is 9.97. The van der Waals surface area contributed by atoms with E-state index in [1.807, 2.05) is 6.92 Å². The van der Waals surface area contributed by atoms with Crippen molar-refractivity contribution in [2.75, 3.05) is 30.9 Å². The van der Waals surface area contributed by atoms with E-state index < -0.39 is 21.5 Å². The lowest BCUT2D eigenvalue weighted by Gasteiger charge is -2.46. The fourth-order valence-corrected chi connectivity index (χ4v) is 4.90. The molecule has 1 aliphatic heterocycles. The Kier molecular flexibility index (Phi) is 6.19. The van der Waals surface area contributed by atoms with Crippen molar-refractivity contribution < 1.29 is 22.7 Å². The molecular formula is C20H29N3O5S. The standard InChI is InChI=1S/C20H29N3O5S/c1-4-28-17-11-9-16(10-12-17)23-18(24)13-22(29(3,26)27)14-20(23,2)19(25)21-15-7-5-6-8-15/h9-12,15H,4-8,13-14H2,1-3H3,(H,21,25). The van der Waals surface area contributed by atoms with Gasteiger partial charge in [0.05, 0.1) is 19.4 Å². The molecular weight excluding hydrogens is 394 g/mol. The van der Waals surface area contributed by atoms with Crippen molar-refractivity contribution in [2.45, 2.75) is 51.1 Å². The minimum absolute atomic E-state index is 0.0604. The predicted molar refractivity (Wildman–Crippen MR) is 110 cm³/mol. The summed E-state index contributed by atoms with van der Waals surface area (Å²) < 4.78 is 30.8. The lowest BCUT2D eigenvalue weighted by molar-refractivity contribution is -0.133. The molecule has 1 heterocycles. The summed E-state index contributed by atoms with van der Waals surface area (Å²) in [6.07, 6.45) is 4.96. The normalized spacial score (nSPS) is 24.0. The van der Waals surface area contributed by atoms with Crippen LogP contribution < -0.4 is 15.0 Å². The third-order valence-corrected chi connectivity index (χ3v) is 6.79. The molecule has 2 amide bonds. The first-order chi connectivity index (χ1) is 13.6. The van der Waals surface area contributed by atoms with Crippen molar-refractivity contribution in [3.8, 4) is 5.75 Å². The zero-order valence-electron chi connectivity index (χ0n) is 17.2. The lowest BCUT2D eigenvalue weighted by Crippen LogP contribution is -2.70. The van der Waals surface area contributed by atoms with Gasteiger partial charge in [0.1, 0.15) is 11.3 Å². The number of carbonyl (C=O) groups is 2. The van der Waals surface area contributed by atoms with Gasteiger partial charge in [-0.05, 0) is 51.0 Å². The van der Waals surface area contributed by atoms with Crippen LogP contribution in [-0.4, -0.2) is 62.1 Å². The quantitative estimate of drug-likeness (QED) is 0.748. The Morgan fingerprint density at radius 2 is 1.86 bits per heavy atom. The number of hydrogen-bond donors (Lipinski definition) is 1. The first-order valence-corrected chi connectivity index (χ1v) is 11.8. The molecule has 2 aliphatic rings. The van der Waals surface area contributed by atoms with E-state index in [1.54, 1.807) is 31.2 Å². The molecule has 0 aromatic heterocycles. The largest absolute Gasteiger partial charge is 0.494 e. The van der Waals surface area contributed by atoms with E-state index in [2.05, 4.69) is 5.32 Å². The van der Waals surface area contributed by atoms with Gasteiger partial charge in [-0.1, -0.05) is 12.8 Å². The third kappa shape index (κ3) is 4.56. The highest BCUT2D eigenvalue weighted by atomic mass is 32.2. The fraction of sp³-hybridized carbons (Fsp3) is 0.600. The topological polar surface area (TPSA) is 96.0 Å². The summed E-state index contributed by atoms with van der Waals surface area (Å²) >= 11 is 0. The van der Waals surface area contributed by atoms with Crippen LogP contribution in [0, 0.1) is 0 Å². The van der Waals surface area contributed by atoms with E-state index in [0.29, 0.717) is 18.0 Å². The molecule has 8 nitrogen and oxygen atoms in total. The second kappa shape index (κ2) is 8.31. The van der Waals surface area contributed by atoms with Crippen LogP contribution in [-0.2, 0) is 19.6 Å². The number of rotatable bonds is 6. The van der Waals surface area contributed by atoms with E-state index in [0.717, 1.165) is 36.2 Å². The SMILES string of the molecule is CCOc1ccc(N2C(=O)CN(S(C)(=O)=O)CC2(C)C(=O)NC2CCCC2)cc1. The van der Waals surface area contributed by atoms with Crippen LogP contribution >= 0.6 is 0 Å². The van der Waals surface area contributed by atoms with E-state index in [4.69, 9.17) is 4.74 Å². The minimum Gasteiger partial charge on any atom is -0.494 e. The molecule has 1 saturated carbocycles. The molecule has 1 saturated heterocycles. The highest BCUT2D eigenvalue weighted by molar-refractivity contribution is 7.88. The average Bonchev–Trinajstić information content (AvgIpc) is 3.15. The number of piperazine rings is 1. The molecule has 0 spiro atoms. The van der Waals surface area contributed by atoms with Gasteiger partial charge in [0.2, 0.25) is 21.8 Å². The highest BCUT2D eigenvalue weighted by Crippen LogP contribution is 2.32. The number of ether oxygens (including phenoxy) is 1. The number of sulfonamides is 1. The van der Waals surface area contributed by atoms with E-state index >= 15 is 0 Å². The number of carbonyl (C=O) groups excluding carboxylic acids is 2. The lowest BCUT2D eigenvalue weighted by atomic mass is 9.94. The van der Waals surface area contributed by atoms with Crippen molar-refractivity contribution in [1.82, 2.24) is 9.62 Å². The van der Waals surface area contributed by atoms with Crippen LogP contribution in [0.4, 0.5) is 5.69 Å². The minimum atomic E-state index is -3.62. The second-order valence-electron chi connectivity index (χ2n) is 7.92. The summed E-state index contributed by atoms with van der Waals surface area (Å²) in [4.78, 5) is 27.7. The van der Waals surface area contributed by atoms with Crippen LogP contribution in [0.25, 0.3) is 0 Å². The summed E-state index contributed by atoms with van der Waals surface area (Å²) in [6.45, 7) is 3.64. The smallest absolute Gasteiger partial charge is 0.247 e. The Hall–Kier alpha value is -2.13. The van der Waals surface area contributed by atoms with E-state index in [-0.39, 0.29) is 25.0 Å². The van der Waals surface area contributed by atoms with Gasteiger partial charge < -0.3 is 10.1 Å². The maximum Gasteiger partial charge on any atom is 0.247 e. The summed E-state index contributed by atoms with van der Waals surface area (Å²) in [5, 5.41) is 3.03. The third-order valence-electron chi connectivity index (χ3n) is 5.59. The van der Waals surface area contributed by atoms with Crippen LogP contribution in [0.3, 0.4) is 0 Å². The second-order valence-corrected chi connectivity index (χ2v) is 9.90. The van der Waals surface area contributed by atoms with Gasteiger partial charge in [-0.3, -0.25) is 14.5 Å². The molecule has 1 unspecified atom stereocenters. The molecule has 160 valence electrons. The molecule has 1 aromatic rings. The maximum absolute atomic E-state index is 13.3. The van der Waals surface area contributed by atoms with Gasteiger partial charge in [-0.15, -0.1) is 0 Å². The zero-order valence-corrected chi connectivity index (χ0v) is 18.0. The van der Waals surface area contributed by atoms with Crippen molar-refractivity contribution in [1.29, 1.82) is 0 Å². The number of hydrogen-bond acceptors (Lipinski definition) is 5. The van der Waals surface area contributed by atoms with Crippen molar-refractivity contribution >= 4 is 27.5 Å². The van der Waals surface area contributed by atoms with Crippen LogP contribution in [0.15, 0.2) is 24.3 Å². The van der Waals surface area contributed by atoms with Crippen LogP contribution in [0.1, 0.15) is 39.5 Å². The molecule has 3 rings (SSSR count). The molecule has 9 heteroatoms. The van der Waals surface area contributed by atoms with Crippen molar-refractivity contribution in [2.24, 2.45) is 0 Å². The molecule has 29 heavy (non-hydrogen) atoms. The molecule has 2 fully saturated rings. The number of amides is 2. The van der Waals surface area contributed by atoms with Gasteiger partial charge in [0.25, 0.3) is 0 Å². The molecule has 0 radical (unpaired) electrons. The Labute approximate surface area is 172 Å². The first kappa shape index (κ1) is 21.6. The summed E-state index contributed by atoms with van der Waals surface area (Å²) in [7, 11) is -3.62. The van der Waals surface area contributed by atoms with Gasteiger partial charge in [-0.2, -0.15) is 4.31 Å². The molecule has 0 bridgehead atoms. The zero-order chi connectivity index (χ0) is 21.2.